The van der Waals surface area contributed by atoms with Gasteiger partial charge in [-0.05, 0) is 11.6 Å². The second-order valence-corrected chi connectivity index (χ2v) is 4.33. The molecule has 1 saturated heterocycles. The number of ether oxygens (including phenoxy) is 1. The highest BCUT2D eigenvalue weighted by molar-refractivity contribution is 5.39. The van der Waals surface area contributed by atoms with Gasteiger partial charge in [-0.3, -0.25) is 0 Å². The molecule has 1 fully saturated rings. The molecule has 0 bridgehead atoms. The van der Waals surface area contributed by atoms with Crippen LogP contribution >= 0.6 is 0 Å². The molecule has 0 N–H and O–H groups in total. The van der Waals surface area contributed by atoms with Crippen molar-refractivity contribution in [1.29, 1.82) is 5.26 Å². The third kappa shape index (κ3) is 1.91. The molecule has 0 atom stereocenters. The van der Waals surface area contributed by atoms with E-state index in [1.165, 1.54) is 19.1 Å². The van der Waals surface area contributed by atoms with Crippen LogP contribution < -0.4 is 0 Å². The molecule has 1 aromatic carbocycles. The lowest BCUT2D eigenvalue weighted by molar-refractivity contribution is -0.0309. The van der Waals surface area contributed by atoms with Gasteiger partial charge in [-0.2, -0.15) is 5.26 Å². The first-order valence-corrected chi connectivity index (χ1v) is 5.52. The second kappa shape index (κ2) is 4.08. The van der Waals surface area contributed by atoms with Gasteiger partial charge in [-0.15, -0.1) is 0 Å². The predicted molar refractivity (Wildman–Crippen MR) is 58.7 cm³/mol. The molecule has 0 saturated carbocycles. The summed E-state index contributed by atoms with van der Waals surface area (Å²) in [4.78, 5) is 0. The highest BCUT2D eigenvalue weighted by atomic mass is 19.3. The van der Waals surface area contributed by atoms with Crippen LogP contribution in [0.4, 0.5) is 8.78 Å². The van der Waals surface area contributed by atoms with Crippen molar-refractivity contribution in [2.75, 3.05) is 13.2 Å². The molecule has 1 aliphatic rings. The quantitative estimate of drug-likeness (QED) is 0.809. The molecule has 1 heterocycles. The summed E-state index contributed by atoms with van der Waals surface area (Å²) in [5.41, 5.74) is -0.143. The van der Waals surface area contributed by atoms with Crippen LogP contribution in [-0.4, -0.2) is 13.2 Å². The molecular formula is C13H13F2NO. The van der Waals surface area contributed by atoms with Gasteiger partial charge in [-0.1, -0.05) is 25.1 Å². The first-order valence-electron chi connectivity index (χ1n) is 5.52. The van der Waals surface area contributed by atoms with Crippen molar-refractivity contribution < 1.29 is 13.5 Å². The third-order valence-corrected chi connectivity index (χ3v) is 3.19. The smallest absolute Gasteiger partial charge is 0.273 e. The van der Waals surface area contributed by atoms with Gasteiger partial charge in [0.05, 0.1) is 19.3 Å². The first-order chi connectivity index (χ1) is 8.04. The molecule has 2 rings (SSSR count). The van der Waals surface area contributed by atoms with Crippen molar-refractivity contribution >= 4 is 0 Å². The number of rotatable bonds is 3. The average molecular weight is 237 g/mol. The second-order valence-electron chi connectivity index (χ2n) is 4.33. The molecule has 0 spiro atoms. The fourth-order valence-electron chi connectivity index (χ4n) is 1.85. The van der Waals surface area contributed by atoms with Gasteiger partial charge in [0.1, 0.15) is 5.41 Å². The number of halogens is 2. The average Bonchev–Trinajstić information content (AvgIpc) is 2.29. The van der Waals surface area contributed by atoms with Crippen LogP contribution in [0.15, 0.2) is 24.3 Å². The highest BCUT2D eigenvalue weighted by Gasteiger charge is 2.41. The van der Waals surface area contributed by atoms with Gasteiger partial charge < -0.3 is 4.74 Å². The minimum atomic E-state index is -2.84. The lowest BCUT2D eigenvalue weighted by atomic mass is 9.79. The number of nitriles is 1. The van der Waals surface area contributed by atoms with E-state index in [1.807, 2.05) is 0 Å². The molecule has 0 amide bonds. The lowest BCUT2D eigenvalue weighted by Crippen LogP contribution is -2.45. The zero-order valence-electron chi connectivity index (χ0n) is 9.54. The topological polar surface area (TPSA) is 33.0 Å². The fourth-order valence-corrected chi connectivity index (χ4v) is 1.85. The minimum Gasteiger partial charge on any atom is -0.377 e. The van der Waals surface area contributed by atoms with E-state index in [-0.39, 0.29) is 25.2 Å². The summed E-state index contributed by atoms with van der Waals surface area (Å²) in [5, 5.41) is 9.12. The predicted octanol–water partition coefficient (Wildman–Crippen LogP) is 2.98. The monoisotopic (exact) mass is 237 g/mol. The van der Waals surface area contributed by atoms with Crippen LogP contribution in [0.2, 0.25) is 0 Å². The Balaban J connectivity index is 2.39. The summed E-state index contributed by atoms with van der Waals surface area (Å²) in [5.74, 6) is -2.84. The Morgan fingerprint density at radius 3 is 2.65 bits per heavy atom. The van der Waals surface area contributed by atoms with E-state index in [9.17, 15) is 8.78 Å². The molecule has 4 heteroatoms. The first kappa shape index (κ1) is 12.0. The van der Waals surface area contributed by atoms with E-state index in [4.69, 9.17) is 10.00 Å². The highest BCUT2D eigenvalue weighted by Crippen LogP contribution is 2.36. The number of nitrogens with zero attached hydrogens (tertiary/aromatic N) is 1. The van der Waals surface area contributed by atoms with E-state index in [0.29, 0.717) is 5.56 Å². The van der Waals surface area contributed by atoms with Crippen LogP contribution in [0.25, 0.3) is 0 Å². The molecule has 0 aliphatic carbocycles. The van der Waals surface area contributed by atoms with Crippen molar-refractivity contribution in [1.82, 2.24) is 0 Å². The fraction of sp³-hybridized carbons (Fsp3) is 0.462. The van der Waals surface area contributed by atoms with E-state index < -0.39 is 11.3 Å². The van der Waals surface area contributed by atoms with Gasteiger partial charge >= 0.3 is 0 Å². The van der Waals surface area contributed by atoms with Crippen molar-refractivity contribution in [2.24, 2.45) is 0 Å². The van der Waals surface area contributed by atoms with Crippen LogP contribution in [-0.2, 0) is 16.1 Å². The maximum absolute atomic E-state index is 13.6. The zero-order chi connectivity index (χ0) is 12.5. The standard InChI is InChI=1S/C13H13F2NO/c1-2-13(14,15)11-5-3-4-10(6-11)12(7-16)8-17-9-12/h3-6H,2,8-9H2,1H3. The van der Waals surface area contributed by atoms with E-state index in [0.717, 1.165) is 0 Å². The Labute approximate surface area is 98.8 Å². The lowest BCUT2D eigenvalue weighted by Gasteiger charge is -2.35. The van der Waals surface area contributed by atoms with Gasteiger partial charge in [-0.25, -0.2) is 8.78 Å². The Morgan fingerprint density at radius 2 is 2.18 bits per heavy atom. The van der Waals surface area contributed by atoms with Crippen molar-refractivity contribution in [3.05, 3.63) is 35.4 Å². The molecule has 90 valence electrons. The van der Waals surface area contributed by atoms with Gasteiger partial charge in [0, 0.05) is 12.0 Å². The van der Waals surface area contributed by atoms with Gasteiger partial charge in [0.15, 0.2) is 0 Å². The summed E-state index contributed by atoms with van der Waals surface area (Å²) >= 11 is 0. The summed E-state index contributed by atoms with van der Waals surface area (Å²) in [7, 11) is 0. The van der Waals surface area contributed by atoms with E-state index in [1.54, 1.807) is 12.1 Å². The number of benzene rings is 1. The van der Waals surface area contributed by atoms with Crippen molar-refractivity contribution in [3.63, 3.8) is 0 Å². The summed E-state index contributed by atoms with van der Waals surface area (Å²) in [6, 6.07) is 8.27. The third-order valence-electron chi connectivity index (χ3n) is 3.19. The van der Waals surface area contributed by atoms with Crippen LogP contribution in [0.5, 0.6) is 0 Å². The summed E-state index contributed by atoms with van der Waals surface area (Å²) in [6.07, 6.45) is -0.244. The molecule has 17 heavy (non-hydrogen) atoms. The van der Waals surface area contributed by atoms with Crippen molar-refractivity contribution in [2.45, 2.75) is 24.7 Å². The van der Waals surface area contributed by atoms with Gasteiger partial charge in [0.2, 0.25) is 0 Å². The number of hydrogen-bond donors (Lipinski definition) is 0. The Kier molecular flexibility index (Phi) is 2.88. The largest absolute Gasteiger partial charge is 0.377 e. The molecule has 1 aromatic rings. The normalized spacial score (nSPS) is 18.2. The van der Waals surface area contributed by atoms with E-state index in [2.05, 4.69) is 6.07 Å². The van der Waals surface area contributed by atoms with Gasteiger partial charge in [0.25, 0.3) is 5.92 Å². The van der Waals surface area contributed by atoms with E-state index >= 15 is 0 Å². The molecule has 0 unspecified atom stereocenters. The molecular weight excluding hydrogens is 224 g/mol. The number of alkyl halides is 2. The maximum atomic E-state index is 13.6. The minimum absolute atomic E-state index is 0.0287. The molecule has 1 aliphatic heterocycles. The van der Waals surface area contributed by atoms with Crippen LogP contribution in [0.1, 0.15) is 24.5 Å². The molecule has 0 aromatic heterocycles. The Morgan fingerprint density at radius 1 is 1.47 bits per heavy atom. The van der Waals surface area contributed by atoms with Crippen molar-refractivity contribution in [3.8, 4) is 6.07 Å². The Hall–Kier alpha value is -1.47. The number of hydrogen-bond acceptors (Lipinski definition) is 2. The SMILES string of the molecule is CCC(F)(F)c1cccc(C2(C#N)COC2)c1. The maximum Gasteiger partial charge on any atom is 0.273 e. The van der Waals surface area contributed by atoms with Crippen LogP contribution in [0, 0.1) is 11.3 Å². The summed E-state index contributed by atoms with van der Waals surface area (Å²) < 4.78 is 32.2. The zero-order valence-corrected chi connectivity index (χ0v) is 9.54. The Bertz CT molecular complexity index is 461. The molecule has 2 nitrogen and oxygen atoms in total. The van der Waals surface area contributed by atoms with Crippen LogP contribution in [0.3, 0.4) is 0 Å². The summed E-state index contributed by atoms with van der Waals surface area (Å²) in [6.45, 7) is 2.01. The molecule has 0 radical (unpaired) electrons.